The molecule has 2 aromatic carbocycles. The van der Waals surface area contributed by atoms with E-state index in [9.17, 15) is 4.79 Å². The number of hydrogen-bond donors (Lipinski definition) is 0. The van der Waals surface area contributed by atoms with Gasteiger partial charge in [-0.1, -0.05) is 25.4 Å². The minimum absolute atomic E-state index is 0.112. The summed E-state index contributed by atoms with van der Waals surface area (Å²) in [6.45, 7) is 3.56. The van der Waals surface area contributed by atoms with Crippen molar-refractivity contribution in [2.45, 2.75) is 18.9 Å². The van der Waals surface area contributed by atoms with E-state index in [0.717, 1.165) is 0 Å². The topological polar surface area (TPSA) is 35.5 Å². The highest BCUT2D eigenvalue weighted by Crippen LogP contribution is 2.28. The average molecular weight is 432 g/mol. The summed E-state index contributed by atoms with van der Waals surface area (Å²) >= 11 is 14.9. The Hall–Kier alpha value is -1.23. The molecule has 2 aromatic rings. The van der Waals surface area contributed by atoms with E-state index < -0.39 is 10.4 Å². The molecule has 6 heteroatoms. The SMILES string of the molecule is CC(C)(CCl)C(=O)C(Br)Oc1ccc(Oc2ccc(Cl)cc2)cc1. The lowest BCUT2D eigenvalue weighted by Crippen LogP contribution is -2.35. The maximum atomic E-state index is 12.2. The number of halogens is 3. The van der Waals surface area contributed by atoms with Crippen molar-refractivity contribution in [1.82, 2.24) is 0 Å². The van der Waals surface area contributed by atoms with Gasteiger partial charge in [0.05, 0.1) is 0 Å². The normalized spacial score (nSPS) is 12.5. The Balaban J connectivity index is 1.99. The Morgan fingerprint density at radius 1 is 1.04 bits per heavy atom. The summed E-state index contributed by atoms with van der Waals surface area (Å²) in [6.07, 6.45) is 0. The second kappa shape index (κ2) is 8.24. The van der Waals surface area contributed by atoms with E-state index >= 15 is 0 Å². The van der Waals surface area contributed by atoms with Gasteiger partial charge in [-0.05, 0) is 64.5 Å². The molecule has 0 N–H and O–H groups in total. The fraction of sp³-hybridized carbons (Fsp3) is 0.278. The Morgan fingerprint density at radius 3 is 2.00 bits per heavy atom. The quantitative estimate of drug-likeness (QED) is 0.499. The third kappa shape index (κ3) is 5.13. The maximum Gasteiger partial charge on any atom is 0.211 e. The van der Waals surface area contributed by atoms with Crippen LogP contribution in [0.1, 0.15) is 13.8 Å². The average Bonchev–Trinajstić information content (AvgIpc) is 2.58. The van der Waals surface area contributed by atoms with Crippen LogP contribution in [0.3, 0.4) is 0 Å². The van der Waals surface area contributed by atoms with E-state index in [1.165, 1.54) is 0 Å². The zero-order valence-corrected chi connectivity index (χ0v) is 16.4. The van der Waals surface area contributed by atoms with Crippen molar-refractivity contribution in [3.63, 3.8) is 0 Å². The van der Waals surface area contributed by atoms with Gasteiger partial charge in [-0.3, -0.25) is 4.79 Å². The molecule has 1 unspecified atom stereocenters. The number of carbonyl (C=O) groups excluding carboxylic acids is 1. The van der Waals surface area contributed by atoms with Crippen molar-refractivity contribution < 1.29 is 14.3 Å². The summed E-state index contributed by atoms with van der Waals surface area (Å²) in [5.74, 6) is 2.01. The summed E-state index contributed by atoms with van der Waals surface area (Å²) in [4.78, 5) is 12.2. The number of ketones is 1. The van der Waals surface area contributed by atoms with Crippen LogP contribution in [0.25, 0.3) is 0 Å². The lowest BCUT2D eigenvalue weighted by molar-refractivity contribution is -0.129. The molecule has 0 aromatic heterocycles. The maximum absolute atomic E-state index is 12.2. The summed E-state index contributed by atoms with van der Waals surface area (Å²) in [5, 5.41) is -0.103. The van der Waals surface area contributed by atoms with Crippen LogP contribution in [0.2, 0.25) is 5.02 Å². The predicted octanol–water partition coefficient (Wildman–Crippen LogP) is 6.07. The van der Waals surface area contributed by atoms with E-state index in [-0.39, 0.29) is 11.7 Å². The minimum Gasteiger partial charge on any atom is -0.471 e. The molecule has 0 fully saturated rings. The van der Waals surface area contributed by atoms with Gasteiger partial charge in [-0.2, -0.15) is 0 Å². The van der Waals surface area contributed by atoms with E-state index in [2.05, 4.69) is 15.9 Å². The van der Waals surface area contributed by atoms with E-state index in [0.29, 0.717) is 22.3 Å². The molecule has 0 amide bonds. The van der Waals surface area contributed by atoms with Crippen molar-refractivity contribution in [3.8, 4) is 17.2 Å². The fourth-order valence-electron chi connectivity index (χ4n) is 1.77. The van der Waals surface area contributed by atoms with Crippen LogP contribution in [-0.2, 0) is 4.79 Å². The molecule has 0 radical (unpaired) electrons. The van der Waals surface area contributed by atoms with Gasteiger partial charge in [0.1, 0.15) is 17.2 Å². The summed E-state index contributed by atoms with van der Waals surface area (Å²) in [7, 11) is 0. The first-order chi connectivity index (χ1) is 11.3. The summed E-state index contributed by atoms with van der Waals surface area (Å²) < 4.78 is 11.3. The van der Waals surface area contributed by atoms with Crippen LogP contribution in [0.4, 0.5) is 0 Å². The molecule has 0 saturated carbocycles. The first-order valence-electron chi connectivity index (χ1n) is 7.26. The van der Waals surface area contributed by atoms with Crippen LogP contribution in [-0.4, -0.2) is 16.7 Å². The second-order valence-electron chi connectivity index (χ2n) is 5.84. The third-order valence-corrected chi connectivity index (χ3v) is 4.84. The van der Waals surface area contributed by atoms with Crippen LogP contribution in [0.15, 0.2) is 48.5 Å². The number of ether oxygens (including phenoxy) is 2. The van der Waals surface area contributed by atoms with Crippen LogP contribution >= 0.6 is 39.1 Å². The van der Waals surface area contributed by atoms with Gasteiger partial charge >= 0.3 is 0 Å². The molecular weight excluding hydrogens is 415 g/mol. The Kier molecular flexibility index (Phi) is 6.55. The number of rotatable bonds is 7. The Morgan fingerprint density at radius 2 is 1.50 bits per heavy atom. The summed E-state index contributed by atoms with van der Waals surface area (Å²) in [6, 6.07) is 14.1. The smallest absolute Gasteiger partial charge is 0.211 e. The van der Waals surface area contributed by atoms with Crippen molar-refractivity contribution in [1.29, 1.82) is 0 Å². The molecule has 2 rings (SSSR count). The van der Waals surface area contributed by atoms with Crippen LogP contribution in [0, 0.1) is 5.41 Å². The molecule has 24 heavy (non-hydrogen) atoms. The minimum atomic E-state index is -0.755. The zero-order chi connectivity index (χ0) is 17.7. The lowest BCUT2D eigenvalue weighted by Gasteiger charge is -2.23. The van der Waals surface area contributed by atoms with Crippen molar-refractivity contribution in [2.24, 2.45) is 5.41 Å². The van der Waals surface area contributed by atoms with Gasteiger partial charge in [0.15, 0.2) is 5.78 Å². The standard InChI is InChI=1S/C18H17BrCl2O3/c1-18(2,11-20)16(22)17(19)24-15-9-7-14(8-10-15)23-13-5-3-12(21)4-6-13/h3-10,17H,11H2,1-2H3. The Bertz CT molecular complexity index is 684. The summed E-state index contributed by atoms with van der Waals surface area (Å²) in [5.41, 5.74) is -0.659. The first-order valence-corrected chi connectivity index (χ1v) is 9.09. The van der Waals surface area contributed by atoms with Crippen molar-refractivity contribution in [2.75, 3.05) is 5.88 Å². The van der Waals surface area contributed by atoms with Gasteiger partial charge in [-0.25, -0.2) is 0 Å². The van der Waals surface area contributed by atoms with Crippen LogP contribution in [0.5, 0.6) is 17.2 Å². The van der Waals surface area contributed by atoms with Gasteiger partial charge in [0, 0.05) is 16.3 Å². The largest absolute Gasteiger partial charge is 0.471 e. The number of carbonyl (C=O) groups is 1. The number of hydrogen-bond acceptors (Lipinski definition) is 3. The molecule has 0 bridgehead atoms. The fourth-order valence-corrected chi connectivity index (χ4v) is 2.86. The first kappa shape index (κ1) is 19.1. The monoisotopic (exact) mass is 430 g/mol. The van der Waals surface area contributed by atoms with Crippen molar-refractivity contribution in [3.05, 3.63) is 53.6 Å². The molecule has 0 aliphatic heterocycles. The number of alkyl halides is 2. The molecule has 3 nitrogen and oxygen atoms in total. The molecule has 0 saturated heterocycles. The number of benzene rings is 2. The third-order valence-electron chi connectivity index (χ3n) is 3.32. The van der Waals surface area contributed by atoms with E-state index in [1.54, 1.807) is 62.4 Å². The predicted molar refractivity (Wildman–Crippen MR) is 101 cm³/mol. The van der Waals surface area contributed by atoms with E-state index in [1.807, 2.05) is 0 Å². The van der Waals surface area contributed by atoms with Gasteiger partial charge in [0.2, 0.25) is 5.01 Å². The van der Waals surface area contributed by atoms with Crippen molar-refractivity contribution >= 4 is 44.9 Å². The highest BCUT2D eigenvalue weighted by atomic mass is 79.9. The highest BCUT2D eigenvalue weighted by molar-refractivity contribution is 9.09. The molecule has 1 atom stereocenters. The molecule has 0 aliphatic carbocycles. The van der Waals surface area contributed by atoms with E-state index in [4.69, 9.17) is 32.7 Å². The van der Waals surface area contributed by atoms with Crippen LogP contribution < -0.4 is 9.47 Å². The molecule has 128 valence electrons. The molecule has 0 spiro atoms. The molecule has 0 aliphatic rings. The van der Waals surface area contributed by atoms with Gasteiger partial charge in [-0.15, -0.1) is 11.6 Å². The van der Waals surface area contributed by atoms with Gasteiger partial charge < -0.3 is 9.47 Å². The highest BCUT2D eigenvalue weighted by Gasteiger charge is 2.33. The number of Topliss-reactive ketones (excluding diaryl/α,β-unsaturated/α-hetero) is 1. The zero-order valence-electron chi connectivity index (χ0n) is 13.3. The van der Waals surface area contributed by atoms with Gasteiger partial charge in [0.25, 0.3) is 0 Å². The molecular formula is C18H17BrCl2O3. The lowest BCUT2D eigenvalue weighted by atomic mass is 9.91. The Labute approximate surface area is 160 Å². The molecule has 0 heterocycles. The second-order valence-corrected chi connectivity index (χ2v) is 7.38.